The maximum atomic E-state index is 6.83. The Kier molecular flexibility index (Phi) is 5.82. The molecule has 5 nitrogen and oxygen atoms in total. The van der Waals surface area contributed by atoms with E-state index in [0.717, 1.165) is 41.1 Å². The number of rotatable bonds is 4. The summed E-state index contributed by atoms with van der Waals surface area (Å²) in [5.74, 6) is 0.784. The van der Waals surface area contributed by atoms with Crippen LogP contribution in [0, 0.1) is 5.92 Å². The van der Waals surface area contributed by atoms with E-state index < -0.39 is 0 Å². The molecule has 0 saturated carbocycles. The van der Waals surface area contributed by atoms with Gasteiger partial charge in [0.1, 0.15) is 6.04 Å². The predicted molar refractivity (Wildman–Crippen MR) is 135 cm³/mol. The second-order valence-corrected chi connectivity index (χ2v) is 9.64. The third kappa shape index (κ3) is 3.86. The molecular weight excluding hydrogens is 438 g/mol. The van der Waals surface area contributed by atoms with Gasteiger partial charge in [0.2, 0.25) is 0 Å². The van der Waals surface area contributed by atoms with Crippen molar-refractivity contribution in [2.24, 2.45) is 13.0 Å². The molecule has 166 valence electrons. The summed E-state index contributed by atoms with van der Waals surface area (Å²) in [6.45, 7) is 4.43. The molecule has 4 heterocycles. The molecule has 2 aromatic heterocycles. The van der Waals surface area contributed by atoms with Gasteiger partial charge in [-0.3, -0.25) is 4.98 Å². The number of hydrogen-bond donors (Lipinski definition) is 1. The largest absolute Gasteiger partial charge is 0.370 e. The zero-order valence-corrected chi connectivity index (χ0v) is 20.0. The van der Waals surface area contributed by atoms with Crippen LogP contribution < -0.4 is 15.1 Å². The van der Waals surface area contributed by atoms with Crippen LogP contribution in [0.3, 0.4) is 0 Å². The van der Waals surface area contributed by atoms with Crippen LogP contribution in [0.2, 0.25) is 5.02 Å². The van der Waals surface area contributed by atoms with Crippen molar-refractivity contribution in [2.75, 3.05) is 22.9 Å². The number of nitrogens with one attached hydrogen (secondary N) is 1. The lowest BCUT2D eigenvalue weighted by atomic mass is 9.98. The molecule has 2 fully saturated rings. The molecule has 2 saturated heterocycles. The van der Waals surface area contributed by atoms with Crippen molar-refractivity contribution in [3.05, 3.63) is 77.3 Å². The Morgan fingerprint density at radius 2 is 1.91 bits per heavy atom. The van der Waals surface area contributed by atoms with Crippen molar-refractivity contribution in [1.29, 1.82) is 0 Å². The van der Waals surface area contributed by atoms with Crippen molar-refractivity contribution >= 4 is 40.3 Å². The van der Waals surface area contributed by atoms with E-state index in [-0.39, 0.29) is 12.1 Å². The summed E-state index contributed by atoms with van der Waals surface area (Å²) in [5, 5.41) is 4.97. The van der Waals surface area contributed by atoms with Crippen molar-refractivity contribution in [2.45, 2.75) is 31.8 Å². The number of benzene rings is 1. The van der Waals surface area contributed by atoms with Crippen molar-refractivity contribution in [1.82, 2.24) is 14.9 Å². The fourth-order valence-corrected chi connectivity index (χ4v) is 5.51. The molecule has 3 aromatic rings. The van der Waals surface area contributed by atoms with Gasteiger partial charge in [0.05, 0.1) is 22.4 Å². The minimum Gasteiger partial charge on any atom is -0.370 e. The number of aromatic nitrogens is 2. The fraction of sp³-hybridized carbons (Fsp3) is 0.360. The maximum absolute atomic E-state index is 6.83. The van der Waals surface area contributed by atoms with Crippen LogP contribution in [0.1, 0.15) is 43.2 Å². The Bertz CT molecular complexity index is 1110. The number of pyridine rings is 1. The van der Waals surface area contributed by atoms with Gasteiger partial charge in [-0.05, 0) is 73.4 Å². The summed E-state index contributed by atoms with van der Waals surface area (Å²) in [5.41, 5.74) is 4.23. The summed E-state index contributed by atoms with van der Waals surface area (Å²) in [6, 6.07) is 16.5. The van der Waals surface area contributed by atoms with Crippen LogP contribution >= 0.6 is 23.8 Å². The van der Waals surface area contributed by atoms with Crippen LogP contribution in [0.25, 0.3) is 0 Å². The van der Waals surface area contributed by atoms with Gasteiger partial charge in [-0.25, -0.2) is 0 Å². The summed E-state index contributed by atoms with van der Waals surface area (Å²) in [4.78, 5) is 9.20. The highest BCUT2D eigenvalue weighted by Gasteiger charge is 2.42. The Labute approximate surface area is 200 Å². The number of aryl methyl sites for hydroxylation is 1. The highest BCUT2D eigenvalue weighted by Crippen LogP contribution is 2.43. The van der Waals surface area contributed by atoms with E-state index >= 15 is 0 Å². The molecule has 32 heavy (non-hydrogen) atoms. The van der Waals surface area contributed by atoms with Gasteiger partial charge in [-0.2, -0.15) is 0 Å². The number of piperidine rings is 1. The van der Waals surface area contributed by atoms with Crippen LogP contribution in [0.15, 0.2) is 60.9 Å². The molecule has 2 atom stereocenters. The number of nitrogens with zero attached hydrogens (tertiary/aromatic N) is 4. The van der Waals surface area contributed by atoms with Crippen molar-refractivity contribution in [3.63, 3.8) is 0 Å². The second-order valence-electron chi connectivity index (χ2n) is 8.85. The van der Waals surface area contributed by atoms with E-state index in [0.29, 0.717) is 5.11 Å². The third-order valence-corrected chi connectivity index (χ3v) is 7.34. The molecule has 0 aliphatic carbocycles. The zero-order valence-electron chi connectivity index (χ0n) is 18.4. The van der Waals surface area contributed by atoms with Gasteiger partial charge in [0, 0.05) is 43.9 Å². The lowest BCUT2D eigenvalue weighted by molar-refractivity contribution is 0.438. The number of halogens is 1. The topological polar surface area (TPSA) is 36.3 Å². The highest BCUT2D eigenvalue weighted by atomic mass is 35.5. The molecule has 1 aromatic carbocycles. The molecule has 2 aliphatic rings. The lowest BCUT2D eigenvalue weighted by Crippen LogP contribution is -2.33. The SMILES string of the molecule is CC1CCN(c2ccc(N3C(=S)N[C@@H](c4ccccn4)[C@H]3c3cccn3C)cc2Cl)CC1. The second kappa shape index (κ2) is 8.75. The smallest absolute Gasteiger partial charge is 0.174 e. The molecular formula is C25H28ClN5S. The Balaban J connectivity index is 1.52. The summed E-state index contributed by atoms with van der Waals surface area (Å²) in [7, 11) is 2.07. The quantitative estimate of drug-likeness (QED) is 0.516. The summed E-state index contributed by atoms with van der Waals surface area (Å²) < 4.78 is 2.15. The van der Waals surface area contributed by atoms with E-state index in [9.17, 15) is 0 Å². The molecule has 0 bridgehead atoms. The van der Waals surface area contributed by atoms with E-state index in [2.05, 4.69) is 75.2 Å². The van der Waals surface area contributed by atoms with E-state index in [4.69, 9.17) is 23.8 Å². The Hall–Kier alpha value is -2.57. The molecule has 2 aliphatic heterocycles. The average molecular weight is 466 g/mol. The van der Waals surface area contributed by atoms with Gasteiger partial charge in [-0.1, -0.05) is 24.6 Å². The molecule has 0 amide bonds. The molecule has 0 radical (unpaired) electrons. The Morgan fingerprint density at radius 3 is 2.56 bits per heavy atom. The lowest BCUT2D eigenvalue weighted by Gasteiger charge is -2.33. The van der Waals surface area contributed by atoms with E-state index in [1.54, 1.807) is 0 Å². The van der Waals surface area contributed by atoms with Crippen molar-refractivity contribution in [3.8, 4) is 0 Å². The molecule has 5 rings (SSSR count). The first-order chi connectivity index (χ1) is 15.5. The van der Waals surface area contributed by atoms with Gasteiger partial charge in [-0.15, -0.1) is 0 Å². The molecule has 1 N–H and O–H groups in total. The van der Waals surface area contributed by atoms with Gasteiger partial charge in [0.25, 0.3) is 0 Å². The first-order valence-electron chi connectivity index (χ1n) is 11.2. The molecule has 0 spiro atoms. The average Bonchev–Trinajstić information content (AvgIpc) is 3.37. The normalized spacial score (nSPS) is 21.8. The molecule has 7 heteroatoms. The van der Waals surface area contributed by atoms with E-state index in [1.165, 1.54) is 18.5 Å². The number of hydrogen-bond acceptors (Lipinski definition) is 3. The number of anilines is 2. The fourth-order valence-electron chi connectivity index (χ4n) is 4.87. The number of thiocarbonyl (C=S) groups is 1. The maximum Gasteiger partial charge on any atom is 0.174 e. The van der Waals surface area contributed by atoms with Gasteiger partial charge >= 0.3 is 0 Å². The van der Waals surface area contributed by atoms with Crippen LogP contribution in [0.4, 0.5) is 11.4 Å². The van der Waals surface area contributed by atoms with Crippen LogP contribution in [0.5, 0.6) is 0 Å². The minimum atomic E-state index is -0.0562. The van der Waals surface area contributed by atoms with E-state index in [1.807, 2.05) is 24.4 Å². The molecule has 0 unspecified atom stereocenters. The predicted octanol–water partition coefficient (Wildman–Crippen LogP) is 5.49. The zero-order chi connectivity index (χ0) is 22.2. The standard InChI is InChI=1S/C25H28ClN5S/c1-17-10-14-30(15-11-17)21-9-8-18(16-19(21)26)31-24(22-7-5-13-29(22)2)23(28-25(31)32)20-6-3-4-12-27-20/h3-9,12-13,16-17,23-24H,10-11,14-15H2,1-2H3,(H,28,32)/t23-,24+/m0/s1. The first-order valence-corrected chi connectivity index (χ1v) is 12.0. The third-order valence-electron chi connectivity index (χ3n) is 6.72. The van der Waals surface area contributed by atoms with Gasteiger partial charge in [0.15, 0.2) is 5.11 Å². The monoisotopic (exact) mass is 465 g/mol. The highest BCUT2D eigenvalue weighted by molar-refractivity contribution is 7.80. The summed E-state index contributed by atoms with van der Waals surface area (Å²) >= 11 is 12.7. The van der Waals surface area contributed by atoms with Crippen LogP contribution in [-0.2, 0) is 7.05 Å². The van der Waals surface area contributed by atoms with Crippen LogP contribution in [-0.4, -0.2) is 27.8 Å². The minimum absolute atomic E-state index is 0.0323. The first kappa shape index (κ1) is 21.3. The summed E-state index contributed by atoms with van der Waals surface area (Å²) in [6.07, 6.45) is 6.31. The van der Waals surface area contributed by atoms with Crippen molar-refractivity contribution < 1.29 is 0 Å². The van der Waals surface area contributed by atoms with Gasteiger partial charge < -0.3 is 19.7 Å². The Morgan fingerprint density at radius 1 is 1.09 bits per heavy atom.